The van der Waals surface area contributed by atoms with E-state index >= 15 is 0 Å². The zero-order chi connectivity index (χ0) is 15.0. The number of rotatable bonds is 3. The largest absolute Gasteiger partial charge is 0.339 e. The lowest BCUT2D eigenvalue weighted by Gasteiger charge is -2.17. The van der Waals surface area contributed by atoms with Crippen LogP contribution in [-0.4, -0.2) is 22.4 Å². The molecule has 1 aromatic carbocycles. The standard InChI is InChI=1S/C16H15FN2OS/c1-18(10-11-3-5-12(17)6-4-11)16(20)14-9-15-13(19(14)2)7-8-21-15/h3-9H,10H2,1-2H3. The van der Waals surface area contributed by atoms with Crippen molar-refractivity contribution in [3.63, 3.8) is 0 Å². The van der Waals surface area contributed by atoms with Gasteiger partial charge in [0.1, 0.15) is 11.5 Å². The first-order valence-corrected chi connectivity index (χ1v) is 7.47. The Balaban J connectivity index is 1.82. The summed E-state index contributed by atoms with van der Waals surface area (Å²) in [6.45, 7) is 0.456. The van der Waals surface area contributed by atoms with Crippen LogP contribution in [0.4, 0.5) is 4.39 Å². The molecule has 0 spiro atoms. The average Bonchev–Trinajstić information content (AvgIpc) is 3.04. The Hall–Kier alpha value is -2.14. The molecule has 2 aromatic heterocycles. The van der Waals surface area contributed by atoms with Gasteiger partial charge in [0.25, 0.3) is 5.91 Å². The third-order valence-corrected chi connectivity index (χ3v) is 4.42. The summed E-state index contributed by atoms with van der Waals surface area (Å²) >= 11 is 1.62. The van der Waals surface area contributed by atoms with Crippen LogP contribution in [0.5, 0.6) is 0 Å². The van der Waals surface area contributed by atoms with E-state index in [4.69, 9.17) is 0 Å². The maximum absolute atomic E-state index is 12.9. The van der Waals surface area contributed by atoms with Gasteiger partial charge in [-0.05, 0) is 35.2 Å². The maximum Gasteiger partial charge on any atom is 0.270 e. The Labute approximate surface area is 126 Å². The van der Waals surface area contributed by atoms with Gasteiger partial charge >= 0.3 is 0 Å². The van der Waals surface area contributed by atoms with Crippen molar-refractivity contribution in [2.45, 2.75) is 6.54 Å². The number of aryl methyl sites for hydroxylation is 1. The topological polar surface area (TPSA) is 25.2 Å². The van der Waals surface area contributed by atoms with Crippen LogP contribution >= 0.6 is 11.3 Å². The second-order valence-corrected chi connectivity index (χ2v) is 5.99. The third-order valence-electron chi connectivity index (χ3n) is 3.56. The van der Waals surface area contributed by atoms with Crippen LogP contribution in [0.3, 0.4) is 0 Å². The van der Waals surface area contributed by atoms with Crippen LogP contribution in [0.25, 0.3) is 10.2 Å². The Bertz CT molecular complexity index is 788. The van der Waals surface area contributed by atoms with Gasteiger partial charge in [0, 0.05) is 20.6 Å². The average molecular weight is 302 g/mol. The van der Waals surface area contributed by atoms with E-state index in [1.54, 1.807) is 35.4 Å². The Kier molecular flexibility index (Phi) is 3.51. The highest BCUT2D eigenvalue weighted by Gasteiger charge is 2.18. The van der Waals surface area contributed by atoms with E-state index in [0.717, 1.165) is 15.8 Å². The maximum atomic E-state index is 12.9. The summed E-state index contributed by atoms with van der Waals surface area (Å²) in [4.78, 5) is 14.2. The number of hydrogen-bond acceptors (Lipinski definition) is 2. The number of benzene rings is 1. The molecule has 108 valence electrons. The van der Waals surface area contributed by atoms with Gasteiger partial charge < -0.3 is 9.47 Å². The quantitative estimate of drug-likeness (QED) is 0.725. The lowest BCUT2D eigenvalue weighted by Crippen LogP contribution is -2.27. The molecule has 0 aliphatic rings. The molecule has 3 nitrogen and oxygen atoms in total. The summed E-state index contributed by atoms with van der Waals surface area (Å²) in [6, 6.07) is 10.1. The molecule has 2 heterocycles. The predicted molar refractivity (Wildman–Crippen MR) is 83.0 cm³/mol. The SMILES string of the molecule is CN(Cc1ccc(F)cc1)C(=O)c1cc2sccc2n1C. The summed E-state index contributed by atoms with van der Waals surface area (Å²) in [5, 5.41) is 2.02. The lowest BCUT2D eigenvalue weighted by molar-refractivity contribution is 0.0776. The highest BCUT2D eigenvalue weighted by atomic mass is 32.1. The minimum Gasteiger partial charge on any atom is -0.339 e. The summed E-state index contributed by atoms with van der Waals surface area (Å²) in [7, 11) is 3.65. The number of carbonyl (C=O) groups excluding carboxylic acids is 1. The monoisotopic (exact) mass is 302 g/mol. The number of nitrogens with zero attached hydrogens (tertiary/aromatic N) is 2. The first-order chi connectivity index (χ1) is 10.1. The molecule has 0 N–H and O–H groups in total. The van der Waals surface area contributed by atoms with E-state index in [9.17, 15) is 9.18 Å². The number of thiophene rings is 1. The van der Waals surface area contributed by atoms with Crippen LogP contribution in [0.1, 0.15) is 16.1 Å². The number of halogens is 1. The lowest BCUT2D eigenvalue weighted by atomic mass is 10.2. The smallest absolute Gasteiger partial charge is 0.270 e. The fourth-order valence-corrected chi connectivity index (χ4v) is 3.24. The summed E-state index contributed by atoms with van der Waals surface area (Å²) < 4.78 is 15.9. The minimum atomic E-state index is -0.268. The van der Waals surface area contributed by atoms with Crippen molar-refractivity contribution < 1.29 is 9.18 Å². The van der Waals surface area contributed by atoms with Crippen molar-refractivity contribution in [2.75, 3.05) is 7.05 Å². The van der Waals surface area contributed by atoms with Gasteiger partial charge in [-0.2, -0.15) is 0 Å². The van der Waals surface area contributed by atoms with E-state index in [0.29, 0.717) is 12.2 Å². The minimum absolute atomic E-state index is 0.0368. The van der Waals surface area contributed by atoms with E-state index in [1.807, 2.05) is 29.1 Å². The first-order valence-electron chi connectivity index (χ1n) is 6.59. The summed E-state index contributed by atoms with van der Waals surface area (Å²) in [5.74, 6) is -0.305. The molecule has 21 heavy (non-hydrogen) atoms. The van der Waals surface area contributed by atoms with Crippen molar-refractivity contribution in [3.8, 4) is 0 Å². The van der Waals surface area contributed by atoms with Crippen molar-refractivity contribution in [1.29, 1.82) is 0 Å². The third kappa shape index (κ3) is 2.56. The zero-order valence-corrected chi connectivity index (χ0v) is 12.7. The highest BCUT2D eigenvalue weighted by molar-refractivity contribution is 7.17. The fourth-order valence-electron chi connectivity index (χ4n) is 2.39. The van der Waals surface area contributed by atoms with E-state index in [2.05, 4.69) is 0 Å². The molecule has 0 saturated heterocycles. The molecule has 0 bridgehead atoms. The molecule has 0 unspecified atom stereocenters. The normalized spacial score (nSPS) is 11.0. The number of carbonyl (C=O) groups is 1. The highest BCUT2D eigenvalue weighted by Crippen LogP contribution is 2.25. The molecule has 3 aromatic rings. The van der Waals surface area contributed by atoms with Gasteiger partial charge in [-0.25, -0.2) is 4.39 Å². The molecular formula is C16H15FN2OS. The van der Waals surface area contributed by atoms with Crippen molar-refractivity contribution in [1.82, 2.24) is 9.47 Å². The van der Waals surface area contributed by atoms with Gasteiger partial charge in [0.05, 0.1) is 10.2 Å². The van der Waals surface area contributed by atoms with Crippen LogP contribution in [0.2, 0.25) is 0 Å². The van der Waals surface area contributed by atoms with Gasteiger partial charge in [0.15, 0.2) is 0 Å². The molecule has 0 saturated carbocycles. The molecule has 1 amide bonds. The van der Waals surface area contributed by atoms with Crippen molar-refractivity contribution in [3.05, 3.63) is 58.9 Å². The number of fused-ring (bicyclic) bond motifs is 1. The number of amides is 1. The van der Waals surface area contributed by atoms with Gasteiger partial charge in [-0.15, -0.1) is 11.3 Å². The van der Waals surface area contributed by atoms with Crippen LogP contribution in [-0.2, 0) is 13.6 Å². The van der Waals surface area contributed by atoms with Crippen LogP contribution < -0.4 is 0 Å². The zero-order valence-electron chi connectivity index (χ0n) is 11.8. The van der Waals surface area contributed by atoms with Crippen LogP contribution in [0, 0.1) is 5.82 Å². The first kappa shape index (κ1) is 13.8. The Morgan fingerprint density at radius 2 is 2.00 bits per heavy atom. The summed E-state index contributed by atoms with van der Waals surface area (Å²) in [5.41, 5.74) is 2.64. The molecule has 0 atom stereocenters. The molecule has 0 radical (unpaired) electrons. The molecular weight excluding hydrogens is 287 g/mol. The fraction of sp³-hybridized carbons (Fsp3) is 0.188. The van der Waals surface area contributed by atoms with Crippen molar-refractivity contribution >= 4 is 27.5 Å². The second-order valence-electron chi connectivity index (χ2n) is 5.05. The van der Waals surface area contributed by atoms with Crippen molar-refractivity contribution in [2.24, 2.45) is 7.05 Å². The molecule has 3 rings (SSSR count). The molecule has 5 heteroatoms. The number of aromatic nitrogens is 1. The van der Waals surface area contributed by atoms with Gasteiger partial charge in [-0.1, -0.05) is 12.1 Å². The van der Waals surface area contributed by atoms with E-state index in [1.165, 1.54) is 12.1 Å². The van der Waals surface area contributed by atoms with Crippen LogP contribution in [0.15, 0.2) is 41.8 Å². The molecule has 0 fully saturated rings. The Morgan fingerprint density at radius 1 is 1.29 bits per heavy atom. The van der Waals surface area contributed by atoms with Gasteiger partial charge in [0.2, 0.25) is 0 Å². The van der Waals surface area contributed by atoms with E-state index in [-0.39, 0.29) is 11.7 Å². The van der Waals surface area contributed by atoms with E-state index < -0.39 is 0 Å². The van der Waals surface area contributed by atoms with Gasteiger partial charge in [-0.3, -0.25) is 4.79 Å². The molecule has 0 aliphatic heterocycles. The number of hydrogen-bond donors (Lipinski definition) is 0. The molecule has 0 aliphatic carbocycles. The predicted octanol–water partition coefficient (Wildman–Crippen LogP) is 3.65. The second kappa shape index (κ2) is 5.33. The summed E-state index contributed by atoms with van der Waals surface area (Å²) in [6.07, 6.45) is 0. The Morgan fingerprint density at radius 3 is 2.67 bits per heavy atom.